The molecule has 1 aromatic heterocycles. The average Bonchev–Trinajstić information content (AvgIpc) is 3.01. The van der Waals surface area contributed by atoms with Gasteiger partial charge in [-0.1, -0.05) is 32.1 Å². The number of rotatable bonds is 8. The zero-order valence-corrected chi connectivity index (χ0v) is 13.5. The Morgan fingerprint density at radius 3 is 2.65 bits per heavy atom. The Hall–Kier alpha value is -2.56. The van der Waals surface area contributed by atoms with Crippen LogP contribution in [0, 0.1) is 5.92 Å². The summed E-state index contributed by atoms with van der Waals surface area (Å²) >= 11 is 0. The smallest absolute Gasteiger partial charge is 0.331 e. The van der Waals surface area contributed by atoms with E-state index in [1.807, 2.05) is 48.9 Å². The van der Waals surface area contributed by atoms with E-state index >= 15 is 0 Å². The number of imidazole rings is 1. The molecule has 23 heavy (non-hydrogen) atoms. The van der Waals surface area contributed by atoms with Gasteiger partial charge in [0, 0.05) is 24.4 Å². The van der Waals surface area contributed by atoms with Crippen molar-refractivity contribution < 1.29 is 14.6 Å². The number of benzene rings is 1. The highest BCUT2D eigenvalue weighted by Crippen LogP contribution is 2.16. The van der Waals surface area contributed by atoms with Gasteiger partial charge >= 0.3 is 5.97 Å². The van der Waals surface area contributed by atoms with Crippen LogP contribution in [0.5, 0.6) is 5.75 Å². The van der Waals surface area contributed by atoms with Gasteiger partial charge in [0.1, 0.15) is 12.4 Å². The van der Waals surface area contributed by atoms with E-state index in [4.69, 9.17) is 4.74 Å². The SMILES string of the molecule is CC(C)/C=C(\Cc1ccc(OCCn2ccnc2)cc1)C(=O)O. The van der Waals surface area contributed by atoms with Crippen molar-refractivity contribution in [2.75, 3.05) is 6.61 Å². The van der Waals surface area contributed by atoms with Gasteiger partial charge < -0.3 is 14.4 Å². The van der Waals surface area contributed by atoms with Crippen LogP contribution in [0.4, 0.5) is 0 Å². The van der Waals surface area contributed by atoms with Crippen LogP contribution in [0.25, 0.3) is 0 Å². The average molecular weight is 314 g/mol. The van der Waals surface area contributed by atoms with E-state index in [2.05, 4.69) is 4.98 Å². The molecule has 0 radical (unpaired) electrons. The molecule has 5 heteroatoms. The summed E-state index contributed by atoms with van der Waals surface area (Å²) in [5.74, 6) is 0.129. The Morgan fingerprint density at radius 1 is 1.35 bits per heavy atom. The van der Waals surface area contributed by atoms with Crippen LogP contribution >= 0.6 is 0 Å². The Balaban J connectivity index is 1.89. The van der Waals surface area contributed by atoms with Gasteiger partial charge in [0.25, 0.3) is 0 Å². The molecule has 2 rings (SSSR count). The van der Waals surface area contributed by atoms with Gasteiger partial charge in [-0.3, -0.25) is 0 Å². The number of carbonyl (C=O) groups is 1. The molecule has 1 N–H and O–H groups in total. The first-order valence-electron chi connectivity index (χ1n) is 7.66. The maximum Gasteiger partial charge on any atom is 0.331 e. The zero-order chi connectivity index (χ0) is 16.7. The largest absolute Gasteiger partial charge is 0.492 e. The zero-order valence-electron chi connectivity index (χ0n) is 13.5. The molecule has 0 atom stereocenters. The monoisotopic (exact) mass is 314 g/mol. The quantitative estimate of drug-likeness (QED) is 0.760. The summed E-state index contributed by atoms with van der Waals surface area (Å²) in [5.41, 5.74) is 1.38. The minimum atomic E-state index is -0.862. The van der Waals surface area contributed by atoms with E-state index in [1.54, 1.807) is 18.6 Å². The van der Waals surface area contributed by atoms with Crippen LogP contribution in [0.15, 0.2) is 54.6 Å². The highest BCUT2D eigenvalue weighted by Gasteiger charge is 2.09. The third-order valence-corrected chi connectivity index (χ3v) is 3.30. The van der Waals surface area contributed by atoms with Crippen molar-refractivity contribution >= 4 is 5.97 Å². The van der Waals surface area contributed by atoms with Crippen molar-refractivity contribution in [1.82, 2.24) is 9.55 Å². The fraction of sp³-hybridized carbons (Fsp3) is 0.333. The topological polar surface area (TPSA) is 64.4 Å². The number of allylic oxidation sites excluding steroid dienone is 1. The third-order valence-electron chi connectivity index (χ3n) is 3.30. The van der Waals surface area contributed by atoms with E-state index in [1.165, 1.54) is 0 Å². The predicted octanol–water partition coefficient (Wildman–Crippen LogP) is 3.17. The summed E-state index contributed by atoms with van der Waals surface area (Å²) in [6.07, 6.45) is 7.59. The lowest BCUT2D eigenvalue weighted by Gasteiger charge is -2.09. The molecule has 1 heterocycles. The Kier molecular flexibility index (Phi) is 5.97. The molecule has 0 saturated heterocycles. The van der Waals surface area contributed by atoms with Crippen LogP contribution in [0.3, 0.4) is 0 Å². The molecule has 0 fully saturated rings. The fourth-order valence-corrected chi connectivity index (χ4v) is 2.22. The van der Waals surface area contributed by atoms with Crippen molar-refractivity contribution in [3.8, 4) is 5.75 Å². The first-order chi connectivity index (χ1) is 11.0. The second-order valence-electron chi connectivity index (χ2n) is 5.71. The number of nitrogens with zero attached hydrogens (tertiary/aromatic N) is 2. The number of carboxylic acids is 1. The molecular formula is C18H22N2O3. The fourth-order valence-electron chi connectivity index (χ4n) is 2.22. The van der Waals surface area contributed by atoms with E-state index in [0.29, 0.717) is 18.6 Å². The van der Waals surface area contributed by atoms with Crippen LogP contribution in [-0.2, 0) is 17.8 Å². The highest BCUT2D eigenvalue weighted by atomic mass is 16.5. The van der Waals surface area contributed by atoms with Crippen LogP contribution in [-0.4, -0.2) is 27.2 Å². The number of aromatic nitrogens is 2. The first kappa shape index (κ1) is 16.8. The summed E-state index contributed by atoms with van der Waals surface area (Å²) in [6.45, 7) is 5.24. The second-order valence-corrected chi connectivity index (χ2v) is 5.71. The number of aliphatic carboxylic acids is 1. The van der Waals surface area contributed by atoms with Gasteiger partial charge in [-0.05, 0) is 23.6 Å². The molecule has 0 amide bonds. The molecule has 0 aliphatic carbocycles. The Morgan fingerprint density at radius 2 is 2.09 bits per heavy atom. The van der Waals surface area contributed by atoms with Crippen LogP contribution in [0.2, 0.25) is 0 Å². The molecule has 0 spiro atoms. The van der Waals surface area contributed by atoms with Crippen molar-refractivity contribution in [3.05, 3.63) is 60.2 Å². The van der Waals surface area contributed by atoms with Crippen LogP contribution in [0.1, 0.15) is 19.4 Å². The molecule has 5 nitrogen and oxygen atoms in total. The van der Waals surface area contributed by atoms with E-state index in [9.17, 15) is 9.90 Å². The standard InChI is InChI=1S/C18H22N2O3/c1-14(2)11-16(18(21)22)12-15-3-5-17(6-4-15)23-10-9-20-8-7-19-13-20/h3-8,11,13-14H,9-10,12H2,1-2H3,(H,21,22)/b16-11+. The van der Waals surface area contributed by atoms with E-state index < -0.39 is 5.97 Å². The molecule has 0 saturated carbocycles. The van der Waals surface area contributed by atoms with Gasteiger partial charge in [0.05, 0.1) is 12.9 Å². The maximum absolute atomic E-state index is 11.3. The van der Waals surface area contributed by atoms with Gasteiger partial charge in [0.2, 0.25) is 0 Å². The number of ether oxygens (including phenoxy) is 1. The van der Waals surface area contributed by atoms with Crippen molar-refractivity contribution in [3.63, 3.8) is 0 Å². The molecule has 122 valence electrons. The lowest BCUT2D eigenvalue weighted by Crippen LogP contribution is -2.07. The lowest BCUT2D eigenvalue weighted by molar-refractivity contribution is -0.132. The van der Waals surface area contributed by atoms with E-state index in [0.717, 1.165) is 17.9 Å². The molecule has 2 aromatic rings. The van der Waals surface area contributed by atoms with Crippen LogP contribution < -0.4 is 4.74 Å². The molecule has 0 unspecified atom stereocenters. The second kappa shape index (κ2) is 8.17. The van der Waals surface area contributed by atoms with Gasteiger partial charge in [-0.15, -0.1) is 0 Å². The lowest BCUT2D eigenvalue weighted by atomic mass is 10.0. The number of carboxylic acid groups (broad SMARTS) is 1. The summed E-state index contributed by atoms with van der Waals surface area (Å²) in [7, 11) is 0. The van der Waals surface area contributed by atoms with Crippen molar-refractivity contribution in [2.24, 2.45) is 5.92 Å². The molecule has 0 aliphatic heterocycles. The summed E-state index contributed by atoms with van der Waals surface area (Å²) in [4.78, 5) is 15.2. The minimum Gasteiger partial charge on any atom is -0.492 e. The van der Waals surface area contributed by atoms with Gasteiger partial charge in [-0.2, -0.15) is 0 Å². The third kappa shape index (κ3) is 5.62. The summed E-state index contributed by atoms with van der Waals surface area (Å²) in [6, 6.07) is 7.56. The summed E-state index contributed by atoms with van der Waals surface area (Å²) < 4.78 is 7.62. The van der Waals surface area contributed by atoms with Crippen molar-refractivity contribution in [1.29, 1.82) is 0 Å². The molecule has 0 aliphatic rings. The minimum absolute atomic E-state index is 0.215. The number of hydrogen-bond acceptors (Lipinski definition) is 3. The molecule has 0 bridgehead atoms. The number of hydrogen-bond donors (Lipinski definition) is 1. The Bertz CT molecular complexity index is 643. The normalized spacial score (nSPS) is 11.7. The Labute approximate surface area is 136 Å². The van der Waals surface area contributed by atoms with Crippen molar-refractivity contribution in [2.45, 2.75) is 26.8 Å². The maximum atomic E-state index is 11.3. The molecular weight excluding hydrogens is 292 g/mol. The predicted molar refractivity (Wildman–Crippen MR) is 88.4 cm³/mol. The molecule has 1 aromatic carbocycles. The summed E-state index contributed by atoms with van der Waals surface area (Å²) in [5, 5.41) is 9.24. The van der Waals surface area contributed by atoms with Gasteiger partial charge in [-0.25, -0.2) is 9.78 Å². The van der Waals surface area contributed by atoms with Gasteiger partial charge in [0.15, 0.2) is 0 Å². The van der Waals surface area contributed by atoms with E-state index in [-0.39, 0.29) is 5.92 Å². The first-order valence-corrected chi connectivity index (χ1v) is 7.66. The highest BCUT2D eigenvalue weighted by molar-refractivity contribution is 5.87.